The monoisotopic (exact) mass is 318 g/mol. The van der Waals surface area contributed by atoms with Gasteiger partial charge in [-0.1, -0.05) is 30.3 Å². The van der Waals surface area contributed by atoms with Crippen molar-refractivity contribution in [1.29, 1.82) is 0 Å². The number of piperidine rings is 1. The van der Waals surface area contributed by atoms with E-state index in [1.165, 1.54) is 0 Å². The second-order valence-corrected chi connectivity index (χ2v) is 6.05. The van der Waals surface area contributed by atoms with Crippen LogP contribution in [-0.2, 0) is 16.1 Å². The summed E-state index contributed by atoms with van der Waals surface area (Å²) in [7, 11) is 0. The standard InChI is InChI=1S/C16H19N3O4/c20-13-7-4-8-17(10-13)11-19-15(22)14(21)18(16(19)23)9-12-5-2-1-3-6-12/h1-3,5-6,13,20H,4,7-11H2/p+1/t13-/m0/s1. The van der Waals surface area contributed by atoms with Crippen LogP contribution in [0.3, 0.4) is 0 Å². The van der Waals surface area contributed by atoms with Crippen LogP contribution in [0, 0.1) is 0 Å². The maximum absolute atomic E-state index is 12.4. The summed E-state index contributed by atoms with van der Waals surface area (Å²) in [6.45, 7) is 1.50. The molecule has 7 nitrogen and oxygen atoms in total. The number of likely N-dealkylation sites (tertiary alicyclic amines) is 1. The van der Waals surface area contributed by atoms with Gasteiger partial charge in [-0.3, -0.25) is 14.5 Å². The average molecular weight is 318 g/mol. The summed E-state index contributed by atoms with van der Waals surface area (Å²) in [4.78, 5) is 39.5. The summed E-state index contributed by atoms with van der Waals surface area (Å²) in [6.07, 6.45) is 1.17. The van der Waals surface area contributed by atoms with E-state index in [2.05, 4.69) is 0 Å². The Bertz CT molecular complexity index is 619. The molecule has 23 heavy (non-hydrogen) atoms. The van der Waals surface area contributed by atoms with Crippen molar-refractivity contribution in [2.75, 3.05) is 19.8 Å². The maximum atomic E-state index is 12.4. The van der Waals surface area contributed by atoms with E-state index < -0.39 is 23.9 Å². The van der Waals surface area contributed by atoms with E-state index in [0.717, 1.165) is 39.6 Å². The Morgan fingerprint density at radius 3 is 2.48 bits per heavy atom. The molecule has 4 amide bonds. The van der Waals surface area contributed by atoms with Crippen molar-refractivity contribution in [2.24, 2.45) is 0 Å². The van der Waals surface area contributed by atoms with Crippen molar-refractivity contribution in [1.82, 2.24) is 9.80 Å². The molecule has 7 heteroatoms. The Kier molecular flexibility index (Phi) is 4.40. The van der Waals surface area contributed by atoms with E-state index in [0.29, 0.717) is 6.54 Å². The Morgan fingerprint density at radius 1 is 1.09 bits per heavy atom. The van der Waals surface area contributed by atoms with E-state index in [9.17, 15) is 19.5 Å². The molecule has 2 N–H and O–H groups in total. The SMILES string of the molecule is O=C1C(=O)N(C[NH+]2CCC[C@H](O)C2)C(=O)N1Cc1ccccc1. The number of nitrogens with one attached hydrogen (secondary N) is 1. The number of hydrogen-bond donors (Lipinski definition) is 2. The number of aliphatic hydroxyl groups excluding tert-OH is 1. The van der Waals surface area contributed by atoms with Gasteiger partial charge in [0.15, 0.2) is 6.67 Å². The summed E-state index contributed by atoms with van der Waals surface area (Å²) in [5.41, 5.74) is 0.796. The summed E-state index contributed by atoms with van der Waals surface area (Å²) in [5.74, 6) is -1.56. The predicted octanol–water partition coefficient (Wildman–Crippen LogP) is -1.03. The molecule has 122 valence electrons. The first-order valence-electron chi connectivity index (χ1n) is 7.79. The molecule has 0 radical (unpaired) electrons. The van der Waals surface area contributed by atoms with Crippen molar-refractivity contribution in [3.63, 3.8) is 0 Å². The van der Waals surface area contributed by atoms with Gasteiger partial charge in [-0.05, 0) is 18.4 Å². The average Bonchev–Trinajstić information content (AvgIpc) is 2.74. The molecule has 2 aliphatic rings. The van der Waals surface area contributed by atoms with Crippen LogP contribution in [0.15, 0.2) is 30.3 Å². The first-order chi connectivity index (χ1) is 11.1. The van der Waals surface area contributed by atoms with Gasteiger partial charge >= 0.3 is 17.8 Å². The summed E-state index contributed by atoms with van der Waals surface area (Å²) in [5, 5.41) is 9.70. The predicted molar refractivity (Wildman–Crippen MR) is 80.0 cm³/mol. The van der Waals surface area contributed by atoms with Crippen LogP contribution in [0.1, 0.15) is 18.4 Å². The zero-order chi connectivity index (χ0) is 16.4. The summed E-state index contributed by atoms with van der Waals surface area (Å²) < 4.78 is 0. The smallest absolute Gasteiger partial charge is 0.339 e. The molecule has 2 heterocycles. The topological polar surface area (TPSA) is 82.4 Å². The molecule has 0 spiro atoms. The number of aliphatic hydroxyl groups is 1. The van der Waals surface area contributed by atoms with Gasteiger partial charge in [-0.15, -0.1) is 0 Å². The molecule has 2 atom stereocenters. The van der Waals surface area contributed by atoms with E-state index in [4.69, 9.17) is 0 Å². The highest BCUT2D eigenvalue weighted by Crippen LogP contribution is 2.15. The number of carbonyl (C=O) groups is 3. The van der Waals surface area contributed by atoms with E-state index in [-0.39, 0.29) is 13.2 Å². The molecular weight excluding hydrogens is 298 g/mol. The van der Waals surface area contributed by atoms with Gasteiger partial charge in [-0.2, -0.15) is 0 Å². The first-order valence-corrected chi connectivity index (χ1v) is 7.79. The fraction of sp³-hybridized carbons (Fsp3) is 0.438. The van der Waals surface area contributed by atoms with Gasteiger partial charge in [0, 0.05) is 0 Å². The van der Waals surface area contributed by atoms with Crippen LogP contribution < -0.4 is 4.90 Å². The van der Waals surface area contributed by atoms with Crippen LogP contribution >= 0.6 is 0 Å². The van der Waals surface area contributed by atoms with E-state index in [1.54, 1.807) is 12.1 Å². The quantitative estimate of drug-likeness (QED) is 0.550. The van der Waals surface area contributed by atoms with Crippen LogP contribution in [0.4, 0.5) is 4.79 Å². The van der Waals surface area contributed by atoms with Crippen LogP contribution in [0.2, 0.25) is 0 Å². The molecule has 2 saturated heterocycles. The summed E-state index contributed by atoms with van der Waals surface area (Å²) in [6, 6.07) is 8.52. The molecule has 0 aromatic heterocycles. The minimum atomic E-state index is -0.782. The highest BCUT2D eigenvalue weighted by Gasteiger charge is 2.46. The molecule has 0 aliphatic carbocycles. The van der Waals surface area contributed by atoms with Crippen LogP contribution in [-0.4, -0.2) is 58.6 Å². The third-order valence-corrected chi connectivity index (χ3v) is 4.29. The lowest BCUT2D eigenvalue weighted by atomic mass is 10.1. The zero-order valence-electron chi connectivity index (χ0n) is 12.8. The fourth-order valence-corrected chi connectivity index (χ4v) is 3.09. The molecule has 2 fully saturated rings. The third-order valence-electron chi connectivity index (χ3n) is 4.29. The molecule has 0 bridgehead atoms. The second-order valence-electron chi connectivity index (χ2n) is 6.05. The number of carbonyl (C=O) groups excluding carboxylic acids is 3. The Balaban J connectivity index is 1.69. The number of amides is 4. The third kappa shape index (κ3) is 3.25. The molecule has 2 aliphatic heterocycles. The maximum Gasteiger partial charge on any atom is 0.339 e. The lowest BCUT2D eigenvalue weighted by molar-refractivity contribution is -0.915. The molecule has 0 saturated carbocycles. The normalized spacial score (nSPS) is 25.3. The number of urea groups is 1. The highest BCUT2D eigenvalue weighted by molar-refractivity contribution is 6.44. The number of quaternary nitrogens is 1. The molecule has 1 unspecified atom stereocenters. The zero-order valence-corrected chi connectivity index (χ0v) is 12.8. The highest BCUT2D eigenvalue weighted by atomic mass is 16.3. The van der Waals surface area contributed by atoms with Gasteiger partial charge < -0.3 is 10.0 Å². The van der Waals surface area contributed by atoms with Crippen molar-refractivity contribution < 1.29 is 24.4 Å². The second kappa shape index (κ2) is 6.47. The lowest BCUT2D eigenvalue weighted by Crippen LogP contribution is -3.15. The minimum Gasteiger partial charge on any atom is -0.387 e. The number of nitrogens with zero attached hydrogens (tertiary/aromatic N) is 2. The fourth-order valence-electron chi connectivity index (χ4n) is 3.09. The number of rotatable bonds is 4. The van der Waals surface area contributed by atoms with Gasteiger partial charge in [-0.25, -0.2) is 9.69 Å². The van der Waals surface area contributed by atoms with Gasteiger partial charge in [0.2, 0.25) is 0 Å². The van der Waals surface area contributed by atoms with Crippen LogP contribution in [0.5, 0.6) is 0 Å². The van der Waals surface area contributed by atoms with Gasteiger partial charge in [0.05, 0.1) is 13.1 Å². The lowest BCUT2D eigenvalue weighted by Gasteiger charge is -2.29. The van der Waals surface area contributed by atoms with Crippen molar-refractivity contribution in [3.05, 3.63) is 35.9 Å². The Hall–Kier alpha value is -2.25. The minimum absolute atomic E-state index is 0.0959. The van der Waals surface area contributed by atoms with Crippen molar-refractivity contribution in [3.8, 4) is 0 Å². The molecular formula is C16H20N3O4+. The van der Waals surface area contributed by atoms with E-state index in [1.807, 2.05) is 18.2 Å². The Labute approximate surface area is 134 Å². The van der Waals surface area contributed by atoms with Gasteiger partial charge in [0.25, 0.3) is 0 Å². The van der Waals surface area contributed by atoms with Gasteiger partial charge in [0.1, 0.15) is 12.6 Å². The Morgan fingerprint density at radius 2 is 1.78 bits per heavy atom. The van der Waals surface area contributed by atoms with Crippen molar-refractivity contribution >= 4 is 17.8 Å². The van der Waals surface area contributed by atoms with Crippen LogP contribution in [0.25, 0.3) is 0 Å². The first kappa shape index (κ1) is 15.6. The van der Waals surface area contributed by atoms with Crippen molar-refractivity contribution in [2.45, 2.75) is 25.5 Å². The molecule has 3 rings (SSSR count). The number of hydrogen-bond acceptors (Lipinski definition) is 4. The largest absolute Gasteiger partial charge is 0.387 e. The molecule has 1 aromatic carbocycles. The number of imide groups is 2. The molecule has 1 aromatic rings. The van der Waals surface area contributed by atoms with E-state index >= 15 is 0 Å². The number of benzene rings is 1. The summed E-state index contributed by atoms with van der Waals surface area (Å²) >= 11 is 0.